The third-order valence-corrected chi connectivity index (χ3v) is 3.52. The third kappa shape index (κ3) is 2.88. The predicted molar refractivity (Wildman–Crippen MR) is 73.0 cm³/mol. The van der Waals surface area contributed by atoms with Gasteiger partial charge in [-0.25, -0.2) is 4.79 Å². The van der Waals surface area contributed by atoms with E-state index in [1.54, 1.807) is 6.07 Å². The van der Waals surface area contributed by atoms with Crippen LogP contribution in [0.4, 0.5) is 4.79 Å². The molecule has 19 heavy (non-hydrogen) atoms. The van der Waals surface area contributed by atoms with Crippen LogP contribution in [-0.4, -0.2) is 48.9 Å². The summed E-state index contributed by atoms with van der Waals surface area (Å²) >= 11 is 6.19. The van der Waals surface area contributed by atoms with Gasteiger partial charge in [0.2, 0.25) is 5.91 Å². The number of benzene rings is 1. The van der Waals surface area contributed by atoms with E-state index in [0.717, 1.165) is 5.56 Å². The molecule has 1 fully saturated rings. The highest BCUT2D eigenvalue weighted by molar-refractivity contribution is 6.31. The number of nitrogens with zero attached hydrogens (tertiary/aromatic N) is 2. The molecule has 2 rings (SSSR count). The van der Waals surface area contributed by atoms with Crippen molar-refractivity contribution in [3.63, 3.8) is 0 Å². The monoisotopic (exact) mass is 281 g/mol. The van der Waals surface area contributed by atoms with E-state index in [1.807, 2.05) is 37.2 Å². The highest BCUT2D eigenvalue weighted by Crippen LogP contribution is 2.27. The number of carbonyl (C=O) groups is 2. The molecule has 1 N–H and O–H groups in total. The second-order valence-electron chi connectivity index (χ2n) is 4.66. The van der Waals surface area contributed by atoms with Gasteiger partial charge in [0, 0.05) is 5.02 Å². The quantitative estimate of drug-likeness (QED) is 0.851. The van der Waals surface area contributed by atoms with Crippen molar-refractivity contribution in [1.29, 1.82) is 0 Å². The number of imide groups is 1. The fourth-order valence-corrected chi connectivity index (χ4v) is 2.36. The lowest BCUT2D eigenvalue weighted by Gasteiger charge is -2.28. The average molecular weight is 282 g/mol. The minimum Gasteiger partial charge on any atom is -0.329 e. The summed E-state index contributed by atoms with van der Waals surface area (Å²) in [6.45, 7) is 0.364. The number of amides is 3. The summed E-state index contributed by atoms with van der Waals surface area (Å²) in [5, 5.41) is 3.15. The van der Waals surface area contributed by atoms with Gasteiger partial charge in [0.05, 0.1) is 19.1 Å². The Morgan fingerprint density at radius 1 is 1.37 bits per heavy atom. The van der Waals surface area contributed by atoms with Crippen LogP contribution in [-0.2, 0) is 4.79 Å². The zero-order valence-electron chi connectivity index (χ0n) is 10.9. The minimum absolute atomic E-state index is 0.0709. The number of urea groups is 1. The molecule has 1 aromatic rings. The van der Waals surface area contributed by atoms with Gasteiger partial charge in [-0.3, -0.25) is 9.69 Å². The first-order chi connectivity index (χ1) is 9.00. The number of halogens is 1. The van der Waals surface area contributed by atoms with Crippen LogP contribution < -0.4 is 5.32 Å². The molecule has 0 radical (unpaired) electrons. The third-order valence-electron chi connectivity index (χ3n) is 3.18. The molecule has 1 aliphatic heterocycles. The molecular formula is C13H16ClN3O2. The van der Waals surface area contributed by atoms with Gasteiger partial charge in [-0.05, 0) is 25.7 Å². The predicted octanol–water partition coefficient (Wildman–Crippen LogP) is 1.49. The molecule has 102 valence electrons. The molecule has 3 amide bonds. The maximum Gasteiger partial charge on any atom is 0.324 e. The van der Waals surface area contributed by atoms with Crippen LogP contribution in [0.25, 0.3) is 0 Å². The molecule has 1 heterocycles. The van der Waals surface area contributed by atoms with Gasteiger partial charge < -0.3 is 10.2 Å². The Hall–Kier alpha value is -1.59. The van der Waals surface area contributed by atoms with Gasteiger partial charge in [-0.15, -0.1) is 0 Å². The summed E-state index contributed by atoms with van der Waals surface area (Å²) in [6, 6.07) is 6.99. The Bertz CT molecular complexity index is 488. The van der Waals surface area contributed by atoms with E-state index >= 15 is 0 Å². The van der Waals surface area contributed by atoms with Crippen molar-refractivity contribution >= 4 is 23.5 Å². The molecule has 5 nitrogen and oxygen atoms in total. The van der Waals surface area contributed by atoms with Crippen LogP contribution in [0.1, 0.15) is 11.6 Å². The summed E-state index contributed by atoms with van der Waals surface area (Å²) in [7, 11) is 3.79. The van der Waals surface area contributed by atoms with Gasteiger partial charge in [-0.1, -0.05) is 29.8 Å². The van der Waals surface area contributed by atoms with Crippen molar-refractivity contribution in [1.82, 2.24) is 15.1 Å². The minimum atomic E-state index is -0.344. The number of hydrogen-bond acceptors (Lipinski definition) is 3. The van der Waals surface area contributed by atoms with E-state index < -0.39 is 0 Å². The molecule has 0 aliphatic carbocycles. The molecule has 1 aromatic carbocycles. The molecule has 6 heteroatoms. The van der Waals surface area contributed by atoms with E-state index in [9.17, 15) is 9.59 Å². The molecule has 0 spiro atoms. The van der Waals surface area contributed by atoms with Crippen molar-refractivity contribution in [3.8, 4) is 0 Å². The van der Waals surface area contributed by atoms with Gasteiger partial charge in [0.25, 0.3) is 0 Å². The van der Waals surface area contributed by atoms with E-state index in [1.165, 1.54) is 4.90 Å². The number of hydrogen-bond donors (Lipinski definition) is 1. The highest BCUT2D eigenvalue weighted by Gasteiger charge is 2.32. The first kappa shape index (κ1) is 13.8. The van der Waals surface area contributed by atoms with Crippen molar-refractivity contribution in [2.45, 2.75) is 6.04 Å². The summed E-state index contributed by atoms with van der Waals surface area (Å²) in [5.74, 6) is -0.205. The van der Waals surface area contributed by atoms with E-state index in [-0.39, 0.29) is 24.5 Å². The molecular weight excluding hydrogens is 266 g/mol. The first-order valence-corrected chi connectivity index (χ1v) is 6.37. The largest absolute Gasteiger partial charge is 0.329 e. The summed E-state index contributed by atoms with van der Waals surface area (Å²) in [4.78, 5) is 26.4. The summed E-state index contributed by atoms with van der Waals surface area (Å²) in [5.41, 5.74) is 0.904. The molecule has 0 aromatic heterocycles. The maximum atomic E-state index is 11.7. The van der Waals surface area contributed by atoms with E-state index in [0.29, 0.717) is 11.6 Å². The topological polar surface area (TPSA) is 52.6 Å². The van der Waals surface area contributed by atoms with Crippen LogP contribution in [0, 0.1) is 0 Å². The standard InChI is InChI=1S/C13H16ClN3O2/c1-16(2)11(9-5-3-4-6-10(9)14)8-17-12(18)7-15-13(17)19/h3-6,11H,7-8H2,1-2H3,(H,15,19)/t11-/m0/s1. The zero-order valence-corrected chi connectivity index (χ0v) is 11.6. The smallest absolute Gasteiger partial charge is 0.324 e. The van der Waals surface area contributed by atoms with Crippen molar-refractivity contribution < 1.29 is 9.59 Å². The van der Waals surface area contributed by atoms with Crippen molar-refractivity contribution in [2.24, 2.45) is 0 Å². The lowest BCUT2D eigenvalue weighted by atomic mass is 10.1. The van der Waals surface area contributed by atoms with Crippen molar-refractivity contribution in [2.75, 3.05) is 27.2 Å². The van der Waals surface area contributed by atoms with Crippen LogP contribution >= 0.6 is 11.6 Å². The molecule has 1 aliphatic rings. The van der Waals surface area contributed by atoms with Crippen LogP contribution in [0.2, 0.25) is 5.02 Å². The number of nitrogens with one attached hydrogen (secondary N) is 1. The number of rotatable bonds is 4. The number of likely N-dealkylation sites (N-methyl/N-ethyl adjacent to an activating group) is 1. The lowest BCUT2D eigenvalue weighted by molar-refractivity contribution is -0.125. The van der Waals surface area contributed by atoms with E-state index in [2.05, 4.69) is 5.32 Å². The maximum absolute atomic E-state index is 11.7. The molecule has 0 saturated carbocycles. The Kier molecular flexibility index (Phi) is 4.07. The summed E-state index contributed by atoms with van der Waals surface area (Å²) < 4.78 is 0. The molecule has 0 unspecified atom stereocenters. The Morgan fingerprint density at radius 2 is 2.05 bits per heavy atom. The fraction of sp³-hybridized carbons (Fsp3) is 0.385. The van der Waals surface area contributed by atoms with Gasteiger partial charge in [-0.2, -0.15) is 0 Å². The summed E-state index contributed by atoms with van der Waals surface area (Å²) in [6.07, 6.45) is 0. The van der Waals surface area contributed by atoms with Gasteiger partial charge in [0.1, 0.15) is 0 Å². The SMILES string of the molecule is CN(C)[C@@H](CN1C(=O)CNC1=O)c1ccccc1Cl. The van der Waals surface area contributed by atoms with Crippen molar-refractivity contribution in [3.05, 3.63) is 34.9 Å². The second kappa shape index (κ2) is 5.59. The average Bonchev–Trinajstić information content (AvgIpc) is 2.67. The Balaban J connectivity index is 2.25. The highest BCUT2D eigenvalue weighted by atomic mass is 35.5. The Labute approximate surface area is 117 Å². The Morgan fingerprint density at radius 3 is 2.58 bits per heavy atom. The zero-order chi connectivity index (χ0) is 14.0. The lowest BCUT2D eigenvalue weighted by Crippen LogP contribution is -2.39. The van der Waals surface area contributed by atoms with Crippen LogP contribution in [0.15, 0.2) is 24.3 Å². The fourth-order valence-electron chi connectivity index (χ4n) is 2.10. The van der Waals surface area contributed by atoms with Crippen LogP contribution in [0.3, 0.4) is 0 Å². The first-order valence-electron chi connectivity index (χ1n) is 5.99. The van der Waals surface area contributed by atoms with E-state index in [4.69, 9.17) is 11.6 Å². The normalized spacial score (nSPS) is 16.9. The van der Waals surface area contributed by atoms with Crippen LogP contribution in [0.5, 0.6) is 0 Å². The van der Waals surface area contributed by atoms with Gasteiger partial charge in [0.15, 0.2) is 0 Å². The molecule has 1 saturated heterocycles. The van der Waals surface area contributed by atoms with Gasteiger partial charge >= 0.3 is 6.03 Å². The molecule has 0 bridgehead atoms. The number of carbonyl (C=O) groups excluding carboxylic acids is 2. The molecule has 1 atom stereocenters. The second-order valence-corrected chi connectivity index (χ2v) is 5.07.